The molecule has 0 amide bonds. The van der Waals surface area contributed by atoms with Crippen LogP contribution >= 0.6 is 15.9 Å². The van der Waals surface area contributed by atoms with Crippen molar-refractivity contribution in [3.63, 3.8) is 0 Å². The van der Waals surface area contributed by atoms with Crippen molar-refractivity contribution in [2.45, 2.75) is 19.3 Å². The average Bonchev–Trinajstić information content (AvgIpc) is 2.41. The zero-order chi connectivity index (χ0) is 13.0. The molecule has 0 aliphatic carbocycles. The van der Waals surface area contributed by atoms with Crippen LogP contribution in [-0.2, 0) is 0 Å². The van der Waals surface area contributed by atoms with Crippen LogP contribution < -0.4 is 0 Å². The van der Waals surface area contributed by atoms with Crippen molar-refractivity contribution in [3.8, 4) is 11.3 Å². The number of nitrogens with zero attached hydrogens (tertiary/aromatic N) is 2. The Labute approximate surface area is 115 Å². The van der Waals surface area contributed by atoms with Gasteiger partial charge in [-0.3, -0.25) is 0 Å². The summed E-state index contributed by atoms with van der Waals surface area (Å²) in [4.78, 5) is 8.79. The van der Waals surface area contributed by atoms with Gasteiger partial charge < -0.3 is 5.11 Å². The lowest BCUT2D eigenvalue weighted by Gasteiger charge is -2.11. The van der Waals surface area contributed by atoms with Crippen LogP contribution in [0, 0.1) is 0 Å². The fourth-order valence-electron chi connectivity index (χ4n) is 1.78. The predicted molar refractivity (Wildman–Crippen MR) is 75.3 cm³/mol. The lowest BCUT2D eigenvalue weighted by atomic mass is 10.1. The normalized spacial score (nSPS) is 12.4. The van der Waals surface area contributed by atoms with E-state index in [4.69, 9.17) is 0 Å². The Balaban J connectivity index is 2.42. The Morgan fingerprint density at radius 3 is 2.72 bits per heavy atom. The summed E-state index contributed by atoms with van der Waals surface area (Å²) in [5, 5.41) is 9.31. The molecule has 1 atom stereocenters. The van der Waals surface area contributed by atoms with E-state index in [9.17, 15) is 5.11 Å². The Hall–Kier alpha value is -1.26. The fourth-order valence-corrected chi connectivity index (χ4v) is 2.27. The van der Waals surface area contributed by atoms with Crippen LogP contribution in [-0.4, -0.2) is 21.7 Å². The second-order valence-electron chi connectivity index (χ2n) is 4.07. The molecule has 94 valence electrons. The SMILES string of the molecule is CCC(CO)c1nccc(-c2ccccc2Br)n1. The smallest absolute Gasteiger partial charge is 0.134 e. The molecule has 1 aromatic heterocycles. The first kappa shape index (κ1) is 13.2. The lowest BCUT2D eigenvalue weighted by molar-refractivity contribution is 0.257. The molecular formula is C14H15BrN2O. The van der Waals surface area contributed by atoms with Crippen LogP contribution in [0.15, 0.2) is 41.0 Å². The molecule has 0 radical (unpaired) electrons. The molecule has 1 heterocycles. The number of hydrogen-bond donors (Lipinski definition) is 1. The molecule has 0 saturated heterocycles. The average molecular weight is 307 g/mol. The standard InChI is InChI=1S/C14H15BrN2O/c1-2-10(9-18)14-16-8-7-13(17-14)11-5-3-4-6-12(11)15/h3-8,10,18H,2,9H2,1H3. The minimum absolute atomic E-state index is 0.00689. The van der Waals surface area contributed by atoms with E-state index < -0.39 is 0 Å². The van der Waals surface area contributed by atoms with Gasteiger partial charge in [-0.05, 0) is 18.6 Å². The van der Waals surface area contributed by atoms with Crippen LogP contribution in [0.1, 0.15) is 25.1 Å². The highest BCUT2D eigenvalue weighted by molar-refractivity contribution is 9.10. The fraction of sp³-hybridized carbons (Fsp3) is 0.286. The molecule has 0 aliphatic rings. The van der Waals surface area contributed by atoms with Crippen molar-refractivity contribution in [2.24, 2.45) is 0 Å². The summed E-state index contributed by atoms with van der Waals surface area (Å²) in [5.74, 6) is 0.709. The van der Waals surface area contributed by atoms with Gasteiger partial charge in [-0.1, -0.05) is 41.1 Å². The van der Waals surface area contributed by atoms with Gasteiger partial charge >= 0.3 is 0 Å². The molecule has 0 aliphatic heterocycles. The van der Waals surface area contributed by atoms with Gasteiger partial charge in [0, 0.05) is 22.2 Å². The Kier molecular flexibility index (Phi) is 4.44. The van der Waals surface area contributed by atoms with Crippen LogP contribution in [0.3, 0.4) is 0 Å². The molecule has 2 aromatic rings. The zero-order valence-corrected chi connectivity index (χ0v) is 11.8. The van der Waals surface area contributed by atoms with Crippen LogP contribution in [0.4, 0.5) is 0 Å². The maximum atomic E-state index is 9.31. The van der Waals surface area contributed by atoms with Gasteiger partial charge in [0.25, 0.3) is 0 Å². The molecule has 1 unspecified atom stereocenters. The van der Waals surface area contributed by atoms with Crippen molar-refractivity contribution in [1.82, 2.24) is 9.97 Å². The van der Waals surface area contributed by atoms with E-state index in [0.717, 1.165) is 22.2 Å². The number of halogens is 1. The third-order valence-electron chi connectivity index (χ3n) is 2.90. The summed E-state index contributed by atoms with van der Waals surface area (Å²) < 4.78 is 1.01. The van der Waals surface area contributed by atoms with Gasteiger partial charge in [-0.2, -0.15) is 0 Å². The topological polar surface area (TPSA) is 46.0 Å². The van der Waals surface area contributed by atoms with E-state index in [1.54, 1.807) is 6.20 Å². The van der Waals surface area contributed by atoms with E-state index in [1.165, 1.54) is 0 Å². The van der Waals surface area contributed by atoms with Crippen molar-refractivity contribution in [1.29, 1.82) is 0 Å². The van der Waals surface area contributed by atoms with E-state index in [-0.39, 0.29) is 12.5 Å². The summed E-state index contributed by atoms with van der Waals surface area (Å²) in [6.45, 7) is 2.10. The van der Waals surface area contributed by atoms with Crippen LogP contribution in [0.2, 0.25) is 0 Å². The highest BCUT2D eigenvalue weighted by atomic mass is 79.9. The Morgan fingerprint density at radius 1 is 1.28 bits per heavy atom. The van der Waals surface area contributed by atoms with Gasteiger partial charge in [-0.15, -0.1) is 0 Å². The van der Waals surface area contributed by atoms with Gasteiger partial charge in [0.15, 0.2) is 0 Å². The number of aliphatic hydroxyl groups excluding tert-OH is 1. The second kappa shape index (κ2) is 6.07. The third kappa shape index (κ3) is 2.76. The quantitative estimate of drug-likeness (QED) is 0.942. The molecule has 0 bridgehead atoms. The largest absolute Gasteiger partial charge is 0.396 e. The minimum atomic E-state index is 0.00689. The maximum absolute atomic E-state index is 9.31. The maximum Gasteiger partial charge on any atom is 0.134 e. The number of rotatable bonds is 4. The summed E-state index contributed by atoms with van der Waals surface area (Å²) in [7, 11) is 0. The molecular weight excluding hydrogens is 292 g/mol. The van der Waals surface area contributed by atoms with Crippen LogP contribution in [0.25, 0.3) is 11.3 Å². The summed E-state index contributed by atoms with van der Waals surface area (Å²) >= 11 is 3.52. The predicted octanol–water partition coefficient (Wildman–Crippen LogP) is 3.39. The molecule has 3 nitrogen and oxygen atoms in total. The van der Waals surface area contributed by atoms with E-state index in [2.05, 4.69) is 25.9 Å². The van der Waals surface area contributed by atoms with Crippen LogP contribution in [0.5, 0.6) is 0 Å². The first-order valence-electron chi connectivity index (χ1n) is 5.95. The molecule has 1 aromatic carbocycles. The molecule has 0 spiro atoms. The molecule has 18 heavy (non-hydrogen) atoms. The first-order chi connectivity index (χ1) is 8.76. The molecule has 0 fully saturated rings. The van der Waals surface area contributed by atoms with Gasteiger partial charge in [0.05, 0.1) is 12.3 Å². The molecule has 1 N–H and O–H groups in total. The minimum Gasteiger partial charge on any atom is -0.396 e. The van der Waals surface area contributed by atoms with Crippen molar-refractivity contribution in [2.75, 3.05) is 6.61 Å². The van der Waals surface area contributed by atoms with Crippen molar-refractivity contribution >= 4 is 15.9 Å². The molecule has 0 saturated carbocycles. The highest BCUT2D eigenvalue weighted by Crippen LogP contribution is 2.27. The summed E-state index contributed by atoms with van der Waals surface area (Å²) in [6, 6.07) is 9.83. The lowest BCUT2D eigenvalue weighted by Crippen LogP contribution is -2.08. The van der Waals surface area contributed by atoms with Gasteiger partial charge in [0.2, 0.25) is 0 Å². The number of hydrogen-bond acceptors (Lipinski definition) is 3. The van der Waals surface area contributed by atoms with E-state index in [0.29, 0.717) is 5.82 Å². The number of benzene rings is 1. The van der Waals surface area contributed by atoms with Gasteiger partial charge in [0.1, 0.15) is 5.82 Å². The third-order valence-corrected chi connectivity index (χ3v) is 3.59. The summed E-state index contributed by atoms with van der Waals surface area (Å²) in [5.41, 5.74) is 1.91. The molecule has 4 heteroatoms. The van der Waals surface area contributed by atoms with Crippen molar-refractivity contribution < 1.29 is 5.11 Å². The highest BCUT2D eigenvalue weighted by Gasteiger charge is 2.12. The van der Waals surface area contributed by atoms with Crippen molar-refractivity contribution in [3.05, 3.63) is 46.8 Å². The Morgan fingerprint density at radius 2 is 2.06 bits per heavy atom. The Bertz CT molecular complexity index is 527. The number of aromatic nitrogens is 2. The summed E-state index contributed by atoms with van der Waals surface area (Å²) in [6.07, 6.45) is 2.57. The van der Waals surface area contributed by atoms with E-state index in [1.807, 2.05) is 37.3 Å². The van der Waals surface area contributed by atoms with E-state index >= 15 is 0 Å². The molecule has 2 rings (SSSR count). The van der Waals surface area contributed by atoms with Gasteiger partial charge in [-0.25, -0.2) is 9.97 Å². The zero-order valence-electron chi connectivity index (χ0n) is 10.2. The monoisotopic (exact) mass is 306 g/mol. The second-order valence-corrected chi connectivity index (χ2v) is 4.92. The number of aliphatic hydroxyl groups is 1. The first-order valence-corrected chi connectivity index (χ1v) is 6.74.